The first-order chi connectivity index (χ1) is 16.7. The molecule has 2 heterocycles. The predicted molar refractivity (Wildman–Crippen MR) is 131 cm³/mol. The smallest absolute Gasteiger partial charge is 0.247 e. The quantitative estimate of drug-likeness (QED) is 0.405. The number of hydrogen-bond donors (Lipinski definition) is 0. The highest BCUT2D eigenvalue weighted by atomic mass is 16.5. The molecule has 176 valence electrons. The summed E-state index contributed by atoms with van der Waals surface area (Å²) in [6.45, 7) is 2.34. The first kappa shape index (κ1) is 23.5. The van der Waals surface area contributed by atoms with Crippen molar-refractivity contribution in [3.8, 4) is 11.5 Å². The van der Waals surface area contributed by atoms with Crippen molar-refractivity contribution in [2.24, 2.45) is 0 Å². The van der Waals surface area contributed by atoms with E-state index in [0.29, 0.717) is 19.7 Å². The molecule has 3 aromatic rings. The van der Waals surface area contributed by atoms with Gasteiger partial charge in [-0.2, -0.15) is 0 Å². The van der Waals surface area contributed by atoms with Crippen LogP contribution in [0.1, 0.15) is 29.5 Å². The van der Waals surface area contributed by atoms with E-state index in [0.717, 1.165) is 47.6 Å². The molecule has 1 unspecified atom stereocenters. The van der Waals surface area contributed by atoms with Crippen LogP contribution in [0.3, 0.4) is 0 Å². The Bertz CT molecular complexity index is 1060. The summed E-state index contributed by atoms with van der Waals surface area (Å²) < 4.78 is 16.7. The van der Waals surface area contributed by atoms with E-state index in [-0.39, 0.29) is 12.0 Å². The molecule has 1 amide bonds. The van der Waals surface area contributed by atoms with Crippen LogP contribution >= 0.6 is 0 Å². The summed E-state index contributed by atoms with van der Waals surface area (Å²) in [5, 5.41) is 0. The number of nitrogens with zero attached hydrogens (tertiary/aromatic N) is 2. The zero-order valence-corrected chi connectivity index (χ0v) is 19.4. The van der Waals surface area contributed by atoms with Crippen molar-refractivity contribution in [3.63, 3.8) is 0 Å². The number of carbonyl (C=O) groups is 1. The first-order valence-corrected chi connectivity index (χ1v) is 11.5. The minimum absolute atomic E-state index is 0.0709. The average molecular weight is 459 g/mol. The topological polar surface area (TPSA) is 60.9 Å². The van der Waals surface area contributed by atoms with Crippen LogP contribution in [0, 0.1) is 0 Å². The Labute approximate surface area is 200 Å². The maximum Gasteiger partial charge on any atom is 0.247 e. The number of rotatable bonds is 10. The lowest BCUT2D eigenvalue weighted by molar-refractivity contribution is -0.127. The Kier molecular flexibility index (Phi) is 8.30. The fourth-order valence-electron chi connectivity index (χ4n) is 3.79. The van der Waals surface area contributed by atoms with Gasteiger partial charge in [0.15, 0.2) is 0 Å². The molecular formula is C28H30N2O4. The fraction of sp³-hybridized carbons (Fsp3) is 0.286. The van der Waals surface area contributed by atoms with Gasteiger partial charge in [-0.05, 0) is 65.9 Å². The molecule has 0 aliphatic carbocycles. The van der Waals surface area contributed by atoms with E-state index in [9.17, 15) is 4.79 Å². The van der Waals surface area contributed by atoms with Crippen molar-refractivity contribution in [2.75, 3.05) is 20.3 Å². The molecule has 0 saturated carbocycles. The Hall–Kier alpha value is -3.64. The van der Waals surface area contributed by atoms with Gasteiger partial charge < -0.3 is 19.1 Å². The normalized spacial score (nSPS) is 15.4. The van der Waals surface area contributed by atoms with Gasteiger partial charge >= 0.3 is 0 Å². The Balaban J connectivity index is 1.42. The lowest BCUT2D eigenvalue weighted by Crippen LogP contribution is -2.28. The summed E-state index contributed by atoms with van der Waals surface area (Å²) in [6, 6.07) is 19.3. The van der Waals surface area contributed by atoms with Crippen molar-refractivity contribution in [1.29, 1.82) is 0 Å². The summed E-state index contributed by atoms with van der Waals surface area (Å²) in [6.07, 6.45) is 9.28. The third-order valence-electron chi connectivity index (χ3n) is 5.70. The number of amides is 1. The van der Waals surface area contributed by atoms with Gasteiger partial charge in [-0.1, -0.05) is 30.3 Å². The highest BCUT2D eigenvalue weighted by molar-refractivity contribution is 5.91. The van der Waals surface area contributed by atoms with Gasteiger partial charge in [0.25, 0.3) is 0 Å². The van der Waals surface area contributed by atoms with Crippen molar-refractivity contribution in [2.45, 2.75) is 32.0 Å². The Morgan fingerprint density at radius 1 is 1.06 bits per heavy atom. The molecule has 2 aromatic carbocycles. The minimum atomic E-state index is -0.0709. The Morgan fingerprint density at radius 2 is 1.82 bits per heavy atom. The van der Waals surface area contributed by atoms with Gasteiger partial charge in [-0.25, -0.2) is 0 Å². The van der Waals surface area contributed by atoms with Gasteiger partial charge in [-0.3, -0.25) is 9.78 Å². The second-order valence-corrected chi connectivity index (χ2v) is 8.25. The molecule has 6 nitrogen and oxygen atoms in total. The highest BCUT2D eigenvalue weighted by Crippen LogP contribution is 2.19. The SMILES string of the molecule is COc1ccc(/C=C/C(=O)N(Cc2ccc(OCC3CCCO3)cc2)Cc2cccnc2)cc1. The van der Waals surface area contributed by atoms with Crippen molar-refractivity contribution in [3.05, 3.63) is 95.8 Å². The van der Waals surface area contributed by atoms with Crippen LogP contribution in [0.5, 0.6) is 11.5 Å². The van der Waals surface area contributed by atoms with Gasteiger partial charge in [-0.15, -0.1) is 0 Å². The molecule has 0 radical (unpaired) electrons. The average Bonchev–Trinajstić information content (AvgIpc) is 3.41. The monoisotopic (exact) mass is 458 g/mol. The number of carbonyl (C=O) groups excluding carboxylic acids is 1. The molecule has 0 spiro atoms. The number of hydrogen-bond acceptors (Lipinski definition) is 5. The van der Waals surface area contributed by atoms with Crippen molar-refractivity contribution >= 4 is 12.0 Å². The van der Waals surface area contributed by atoms with Crippen molar-refractivity contribution in [1.82, 2.24) is 9.88 Å². The molecule has 0 N–H and O–H groups in total. The summed E-state index contributed by atoms with van der Waals surface area (Å²) in [5.74, 6) is 1.52. The van der Waals surface area contributed by atoms with Crippen LogP contribution in [0.2, 0.25) is 0 Å². The van der Waals surface area contributed by atoms with E-state index < -0.39 is 0 Å². The van der Waals surface area contributed by atoms with Crippen LogP contribution in [0.15, 0.2) is 79.1 Å². The predicted octanol–water partition coefficient (Wildman–Crippen LogP) is 4.89. The number of methoxy groups -OCH3 is 1. The van der Waals surface area contributed by atoms with E-state index in [4.69, 9.17) is 14.2 Å². The van der Waals surface area contributed by atoms with Crippen LogP contribution in [-0.2, 0) is 22.6 Å². The standard InChI is InChI=1S/C28H30N2O4/c1-32-25-11-6-22(7-12-25)10-15-28(31)30(20-24-4-2-16-29-18-24)19-23-8-13-26(14-9-23)34-21-27-5-3-17-33-27/h2,4,6-16,18,27H,3,5,17,19-21H2,1H3/b15-10+. The Morgan fingerprint density at radius 3 is 2.50 bits per heavy atom. The number of ether oxygens (including phenoxy) is 3. The number of aromatic nitrogens is 1. The number of pyridine rings is 1. The molecule has 1 aliphatic rings. The molecular weight excluding hydrogens is 428 g/mol. The molecule has 1 fully saturated rings. The summed E-state index contributed by atoms with van der Waals surface area (Å²) >= 11 is 0. The molecule has 1 saturated heterocycles. The van der Waals surface area contributed by atoms with Crippen LogP contribution in [-0.4, -0.2) is 42.2 Å². The fourth-order valence-corrected chi connectivity index (χ4v) is 3.79. The first-order valence-electron chi connectivity index (χ1n) is 11.5. The van der Waals surface area contributed by atoms with Crippen LogP contribution in [0.25, 0.3) is 6.08 Å². The minimum Gasteiger partial charge on any atom is -0.497 e. The third-order valence-corrected chi connectivity index (χ3v) is 5.70. The highest BCUT2D eigenvalue weighted by Gasteiger charge is 2.16. The molecule has 0 bridgehead atoms. The second-order valence-electron chi connectivity index (χ2n) is 8.25. The third kappa shape index (κ3) is 6.93. The zero-order chi connectivity index (χ0) is 23.6. The molecule has 1 aromatic heterocycles. The maximum absolute atomic E-state index is 13.1. The van der Waals surface area contributed by atoms with Crippen molar-refractivity contribution < 1.29 is 19.0 Å². The van der Waals surface area contributed by atoms with E-state index in [2.05, 4.69) is 4.98 Å². The lowest BCUT2D eigenvalue weighted by atomic mass is 10.1. The molecule has 6 heteroatoms. The summed E-state index contributed by atoms with van der Waals surface area (Å²) in [7, 11) is 1.63. The van der Waals surface area contributed by atoms with E-state index in [1.165, 1.54) is 0 Å². The molecule has 34 heavy (non-hydrogen) atoms. The second kappa shape index (κ2) is 12.0. The van der Waals surface area contributed by atoms with Gasteiger partial charge in [0.1, 0.15) is 18.1 Å². The zero-order valence-electron chi connectivity index (χ0n) is 19.4. The van der Waals surface area contributed by atoms with E-state index >= 15 is 0 Å². The van der Waals surface area contributed by atoms with Gasteiger partial charge in [0.05, 0.1) is 13.2 Å². The van der Waals surface area contributed by atoms with Crippen LogP contribution < -0.4 is 9.47 Å². The van der Waals surface area contributed by atoms with Crippen LogP contribution in [0.4, 0.5) is 0 Å². The summed E-state index contributed by atoms with van der Waals surface area (Å²) in [4.78, 5) is 19.1. The molecule has 4 rings (SSSR count). The van der Waals surface area contributed by atoms with Gasteiger partial charge in [0, 0.05) is 38.2 Å². The molecule has 1 aliphatic heterocycles. The van der Waals surface area contributed by atoms with E-state index in [1.807, 2.05) is 66.7 Å². The largest absolute Gasteiger partial charge is 0.497 e. The van der Waals surface area contributed by atoms with Gasteiger partial charge in [0.2, 0.25) is 5.91 Å². The van der Waals surface area contributed by atoms with E-state index in [1.54, 1.807) is 30.5 Å². The summed E-state index contributed by atoms with van der Waals surface area (Å²) in [5.41, 5.74) is 2.94. The lowest BCUT2D eigenvalue weighted by Gasteiger charge is -2.22. The molecule has 1 atom stereocenters. The maximum atomic E-state index is 13.1. The number of benzene rings is 2.